The van der Waals surface area contributed by atoms with E-state index in [0.717, 1.165) is 6.26 Å². The third-order valence-corrected chi connectivity index (χ3v) is 4.61. The van der Waals surface area contributed by atoms with Crippen LogP contribution in [0.25, 0.3) is 16.8 Å². The molecule has 0 bridgehead atoms. The molecule has 0 amide bonds. The van der Waals surface area contributed by atoms with Crippen LogP contribution >= 0.6 is 0 Å². The number of rotatable bonds is 5. The molecule has 0 fully saturated rings. The van der Waals surface area contributed by atoms with Gasteiger partial charge in [0.1, 0.15) is 18.2 Å². The van der Waals surface area contributed by atoms with E-state index in [4.69, 9.17) is 4.74 Å². The fraction of sp³-hybridized carbons (Fsp3) is 0.250. The van der Waals surface area contributed by atoms with Gasteiger partial charge < -0.3 is 4.74 Å². The first-order valence-electron chi connectivity index (χ1n) is 7.33. The molecule has 25 heavy (non-hydrogen) atoms. The van der Waals surface area contributed by atoms with Crippen LogP contribution < -0.4 is 4.74 Å². The highest BCUT2D eigenvalue weighted by atomic mass is 32.2. The number of hydrogen-bond acceptors (Lipinski definition) is 5. The standard InChI is InChI=1S/C16H15F2N3O3S/c1-10-19-16-13(4-3-7-21(16)20-10)12-6-5-11(25(2,22)23)8-14(12)24-9-15(17)18/h3-8,15H,9H2,1-2H3. The Labute approximate surface area is 143 Å². The summed E-state index contributed by atoms with van der Waals surface area (Å²) in [4.78, 5) is 4.32. The van der Waals surface area contributed by atoms with E-state index in [0.29, 0.717) is 22.6 Å². The Bertz CT molecular complexity index is 1030. The molecule has 0 radical (unpaired) electrons. The van der Waals surface area contributed by atoms with E-state index < -0.39 is 22.9 Å². The lowest BCUT2D eigenvalue weighted by atomic mass is 10.1. The smallest absolute Gasteiger partial charge is 0.272 e. The van der Waals surface area contributed by atoms with Crippen LogP contribution in [-0.2, 0) is 9.84 Å². The number of sulfone groups is 1. The zero-order valence-electron chi connectivity index (χ0n) is 13.5. The van der Waals surface area contributed by atoms with Gasteiger partial charge in [0.15, 0.2) is 15.5 Å². The molecule has 9 heteroatoms. The Morgan fingerprint density at radius 1 is 1.24 bits per heavy atom. The normalized spacial score (nSPS) is 12.0. The molecule has 0 aliphatic heterocycles. The van der Waals surface area contributed by atoms with Crippen molar-refractivity contribution in [3.05, 3.63) is 42.4 Å². The van der Waals surface area contributed by atoms with Crippen LogP contribution in [0.3, 0.4) is 0 Å². The zero-order valence-corrected chi connectivity index (χ0v) is 14.3. The molecule has 6 nitrogen and oxygen atoms in total. The van der Waals surface area contributed by atoms with Gasteiger partial charge in [-0.2, -0.15) is 5.10 Å². The Morgan fingerprint density at radius 2 is 2.00 bits per heavy atom. The molecular formula is C16H15F2N3O3S. The molecule has 2 aromatic heterocycles. The second-order valence-electron chi connectivity index (χ2n) is 5.48. The Balaban J connectivity index is 2.19. The average Bonchev–Trinajstić information content (AvgIpc) is 2.92. The van der Waals surface area contributed by atoms with Gasteiger partial charge in [0.2, 0.25) is 0 Å². The average molecular weight is 367 g/mol. The molecule has 0 aliphatic carbocycles. The summed E-state index contributed by atoms with van der Waals surface area (Å²) in [5.74, 6) is 0.604. The highest BCUT2D eigenvalue weighted by molar-refractivity contribution is 7.90. The predicted octanol–water partition coefficient (Wildman–Crippen LogP) is 2.75. The molecule has 0 saturated carbocycles. The molecule has 132 valence electrons. The van der Waals surface area contributed by atoms with Crippen molar-refractivity contribution in [1.82, 2.24) is 14.6 Å². The maximum absolute atomic E-state index is 12.6. The topological polar surface area (TPSA) is 73.6 Å². The van der Waals surface area contributed by atoms with Crippen LogP contribution in [0.5, 0.6) is 5.75 Å². The fourth-order valence-electron chi connectivity index (χ4n) is 2.45. The number of ether oxygens (including phenoxy) is 1. The lowest BCUT2D eigenvalue weighted by Gasteiger charge is -2.13. The van der Waals surface area contributed by atoms with E-state index in [1.165, 1.54) is 18.2 Å². The Morgan fingerprint density at radius 3 is 2.68 bits per heavy atom. The van der Waals surface area contributed by atoms with Gasteiger partial charge in [-0.3, -0.25) is 0 Å². The van der Waals surface area contributed by atoms with Crippen molar-refractivity contribution >= 4 is 15.5 Å². The summed E-state index contributed by atoms with van der Waals surface area (Å²) in [5.41, 5.74) is 1.59. The minimum absolute atomic E-state index is 0.00915. The number of alkyl halides is 2. The van der Waals surface area contributed by atoms with Crippen LogP contribution in [0.15, 0.2) is 41.4 Å². The maximum atomic E-state index is 12.6. The number of nitrogens with zero attached hydrogens (tertiary/aromatic N) is 3. The van der Waals surface area contributed by atoms with Crippen molar-refractivity contribution in [3.8, 4) is 16.9 Å². The van der Waals surface area contributed by atoms with Gasteiger partial charge in [0, 0.05) is 23.6 Å². The molecule has 3 rings (SSSR count). The predicted molar refractivity (Wildman–Crippen MR) is 87.8 cm³/mol. The first-order chi connectivity index (χ1) is 11.8. The third kappa shape index (κ3) is 3.60. The van der Waals surface area contributed by atoms with Gasteiger partial charge in [-0.1, -0.05) is 0 Å². The molecule has 0 unspecified atom stereocenters. The molecular weight excluding hydrogens is 352 g/mol. The van der Waals surface area contributed by atoms with Gasteiger partial charge in [0.05, 0.1) is 4.90 Å². The number of halogens is 2. The van der Waals surface area contributed by atoms with E-state index in [1.54, 1.807) is 29.8 Å². The highest BCUT2D eigenvalue weighted by Gasteiger charge is 2.17. The summed E-state index contributed by atoms with van der Waals surface area (Å²) < 4.78 is 55.4. The second kappa shape index (κ2) is 6.40. The van der Waals surface area contributed by atoms with Gasteiger partial charge in [-0.25, -0.2) is 26.7 Å². The monoisotopic (exact) mass is 367 g/mol. The number of fused-ring (bicyclic) bond motifs is 1. The first kappa shape index (κ1) is 17.3. The summed E-state index contributed by atoms with van der Waals surface area (Å²) in [7, 11) is -3.50. The number of aromatic nitrogens is 3. The number of benzene rings is 1. The summed E-state index contributed by atoms with van der Waals surface area (Å²) in [6.07, 6.45) is 0.0751. The highest BCUT2D eigenvalue weighted by Crippen LogP contribution is 2.34. The third-order valence-electron chi connectivity index (χ3n) is 3.50. The Kier molecular flexibility index (Phi) is 4.42. The van der Waals surface area contributed by atoms with Crippen molar-refractivity contribution in [2.45, 2.75) is 18.2 Å². The van der Waals surface area contributed by atoms with Crippen LogP contribution in [0.4, 0.5) is 8.78 Å². The van der Waals surface area contributed by atoms with Gasteiger partial charge >= 0.3 is 0 Å². The molecule has 3 aromatic rings. The second-order valence-corrected chi connectivity index (χ2v) is 7.50. The van der Waals surface area contributed by atoms with Crippen molar-refractivity contribution < 1.29 is 21.9 Å². The molecule has 1 aromatic carbocycles. The van der Waals surface area contributed by atoms with E-state index >= 15 is 0 Å². The van der Waals surface area contributed by atoms with Crippen molar-refractivity contribution in [3.63, 3.8) is 0 Å². The van der Waals surface area contributed by atoms with E-state index in [9.17, 15) is 17.2 Å². The maximum Gasteiger partial charge on any atom is 0.272 e. The molecule has 0 saturated heterocycles. The van der Waals surface area contributed by atoms with Crippen LogP contribution in [0, 0.1) is 6.92 Å². The minimum Gasteiger partial charge on any atom is -0.487 e. The van der Waals surface area contributed by atoms with Crippen molar-refractivity contribution in [2.75, 3.05) is 12.9 Å². The summed E-state index contributed by atoms with van der Waals surface area (Å²) in [6.45, 7) is 0.896. The molecule has 0 aliphatic rings. The van der Waals surface area contributed by atoms with Gasteiger partial charge in [-0.15, -0.1) is 0 Å². The van der Waals surface area contributed by atoms with Crippen molar-refractivity contribution in [2.24, 2.45) is 0 Å². The lowest BCUT2D eigenvalue weighted by molar-refractivity contribution is 0.0821. The van der Waals surface area contributed by atoms with Gasteiger partial charge in [0.25, 0.3) is 6.43 Å². The van der Waals surface area contributed by atoms with Crippen LogP contribution in [0.1, 0.15) is 5.82 Å². The first-order valence-corrected chi connectivity index (χ1v) is 9.22. The summed E-state index contributed by atoms with van der Waals surface area (Å²) in [6, 6.07) is 7.66. The van der Waals surface area contributed by atoms with E-state index in [1.807, 2.05) is 0 Å². The molecule has 2 heterocycles. The van der Waals surface area contributed by atoms with E-state index in [2.05, 4.69) is 10.1 Å². The largest absolute Gasteiger partial charge is 0.487 e. The number of pyridine rings is 1. The minimum atomic E-state index is -3.50. The molecule has 0 spiro atoms. The van der Waals surface area contributed by atoms with Crippen LogP contribution in [-0.4, -0.2) is 42.3 Å². The van der Waals surface area contributed by atoms with Crippen molar-refractivity contribution in [1.29, 1.82) is 0 Å². The molecule has 0 atom stereocenters. The quantitative estimate of drug-likeness (QED) is 0.693. The SMILES string of the molecule is Cc1nc2c(-c3ccc(S(C)(=O)=O)cc3OCC(F)F)cccn2n1. The lowest BCUT2D eigenvalue weighted by Crippen LogP contribution is -2.09. The van der Waals surface area contributed by atoms with E-state index in [-0.39, 0.29) is 10.6 Å². The fourth-order valence-corrected chi connectivity index (χ4v) is 3.09. The summed E-state index contributed by atoms with van der Waals surface area (Å²) >= 11 is 0. The number of hydrogen-bond donors (Lipinski definition) is 0. The summed E-state index contributed by atoms with van der Waals surface area (Å²) in [5, 5.41) is 4.21. The van der Waals surface area contributed by atoms with Crippen LogP contribution in [0.2, 0.25) is 0 Å². The Hall–Kier alpha value is -2.55. The molecule has 0 N–H and O–H groups in total. The van der Waals surface area contributed by atoms with Gasteiger partial charge in [-0.05, 0) is 37.3 Å². The number of aryl methyl sites for hydroxylation is 1. The zero-order chi connectivity index (χ0) is 18.2.